The third-order valence-electron chi connectivity index (χ3n) is 11.4. The van der Waals surface area contributed by atoms with Crippen molar-refractivity contribution in [2.45, 2.75) is 205 Å². The van der Waals surface area contributed by atoms with Gasteiger partial charge in [-0.1, -0.05) is 159 Å². The summed E-state index contributed by atoms with van der Waals surface area (Å²) in [6.45, 7) is 4.25. The third-order valence-corrected chi connectivity index (χ3v) is 14.0. The zero-order chi connectivity index (χ0) is 52.3. The molecule has 1 aliphatic rings. The molecule has 1 aliphatic heterocycles. The van der Waals surface area contributed by atoms with Crippen LogP contribution in [0.15, 0.2) is 65.7 Å². The van der Waals surface area contributed by atoms with Gasteiger partial charge in [-0.3, -0.25) is 23.2 Å². The van der Waals surface area contributed by atoms with Crippen molar-refractivity contribution >= 4 is 33.4 Å². The second-order valence-electron chi connectivity index (χ2n) is 18.3. The summed E-state index contributed by atoms with van der Waals surface area (Å²) < 4.78 is 56.7. The molecule has 0 radical (unpaired) electrons. The maximum absolute atomic E-state index is 12.8. The van der Waals surface area contributed by atoms with E-state index in [0.717, 1.165) is 74.5 Å². The third kappa shape index (κ3) is 31.1. The van der Waals surface area contributed by atoms with Crippen molar-refractivity contribution < 1.29 is 71.4 Å². The first kappa shape index (κ1) is 63.8. The molecule has 2 unspecified atom stereocenters. The lowest BCUT2D eigenvalue weighted by molar-refractivity contribution is -0.161. The second kappa shape index (κ2) is 37.4. The summed E-state index contributed by atoms with van der Waals surface area (Å²) in [6, 6.07) is 1.24. The van der Waals surface area contributed by atoms with Gasteiger partial charge in [0.15, 0.2) is 12.3 Å². The molecule has 7 N–H and O–H groups in total. The van der Waals surface area contributed by atoms with Gasteiger partial charge in [0.05, 0.1) is 19.3 Å². The summed E-state index contributed by atoms with van der Waals surface area (Å²) in [7, 11) is -10.9. The van der Waals surface area contributed by atoms with Gasteiger partial charge in [-0.15, -0.1) is 0 Å². The number of esters is 2. The fraction of sp³-hybridized carbons (Fsp3) is 0.720. The molecule has 1 fully saturated rings. The van der Waals surface area contributed by atoms with Crippen LogP contribution in [0.4, 0.5) is 5.82 Å². The molecule has 19 nitrogen and oxygen atoms in total. The number of nitrogens with zero attached hydrogens (tertiary/aromatic N) is 2. The minimum absolute atomic E-state index is 0.0426. The van der Waals surface area contributed by atoms with Crippen molar-refractivity contribution in [3.8, 4) is 0 Å². The number of hydrogen-bond donors (Lipinski definition) is 6. The SMILES string of the molecule is CCCC[C@@H](O)/C=C\C/C=C\C/C=C\C/C=C\CCCC(=O)O[C@H](COC(=O)CCCCCCCCCCCCCCC(C)C)COP(=O)(O)OP(=O)(O)OC[C@H]1O[C@@H](n2ccc(N)nc2=O)[C@H](O)[C@@H]1O. The van der Waals surface area contributed by atoms with E-state index in [2.05, 4.69) is 36.1 Å². The molecule has 0 saturated carbocycles. The van der Waals surface area contributed by atoms with Crippen LogP contribution in [-0.2, 0) is 46.3 Å². The Hall–Kier alpha value is -3.32. The molecular formula is C50H85N3O16P2. The lowest BCUT2D eigenvalue weighted by Crippen LogP contribution is -2.36. The van der Waals surface area contributed by atoms with E-state index in [4.69, 9.17) is 29.0 Å². The molecule has 0 aliphatic carbocycles. The van der Waals surface area contributed by atoms with Gasteiger partial charge >= 0.3 is 33.3 Å². The van der Waals surface area contributed by atoms with Gasteiger partial charge < -0.3 is 45.1 Å². The lowest BCUT2D eigenvalue weighted by atomic mass is 10.0. The molecule has 0 aromatic carbocycles. The van der Waals surface area contributed by atoms with Crippen LogP contribution in [0, 0.1) is 5.92 Å². The number of aliphatic hydroxyl groups is 3. The molecule has 1 saturated heterocycles. The zero-order valence-corrected chi connectivity index (χ0v) is 44.1. The van der Waals surface area contributed by atoms with Crippen molar-refractivity contribution in [1.29, 1.82) is 0 Å². The summed E-state index contributed by atoms with van der Waals surface area (Å²) in [5.41, 5.74) is 4.58. The summed E-state index contributed by atoms with van der Waals surface area (Å²) in [5.74, 6) is -0.616. The van der Waals surface area contributed by atoms with Crippen LogP contribution in [0.1, 0.15) is 175 Å². The van der Waals surface area contributed by atoms with Crippen LogP contribution in [0.3, 0.4) is 0 Å². The molecule has 0 amide bonds. The molecule has 0 spiro atoms. The number of aromatic nitrogens is 2. The first-order valence-corrected chi connectivity index (χ1v) is 28.6. The molecule has 1 aromatic rings. The van der Waals surface area contributed by atoms with Crippen LogP contribution in [0.2, 0.25) is 0 Å². The van der Waals surface area contributed by atoms with Gasteiger partial charge in [0.25, 0.3) is 0 Å². The van der Waals surface area contributed by atoms with E-state index in [0.29, 0.717) is 25.7 Å². The quantitative estimate of drug-likeness (QED) is 0.0154. The van der Waals surface area contributed by atoms with Crippen molar-refractivity contribution in [1.82, 2.24) is 9.55 Å². The van der Waals surface area contributed by atoms with Crippen molar-refractivity contribution in [3.05, 3.63) is 71.4 Å². The van der Waals surface area contributed by atoms with Gasteiger partial charge in [0.2, 0.25) is 0 Å². The Kier molecular flexibility index (Phi) is 33.6. The molecule has 406 valence electrons. The molecule has 1 aromatic heterocycles. The van der Waals surface area contributed by atoms with Gasteiger partial charge in [-0.05, 0) is 56.9 Å². The maximum atomic E-state index is 12.8. The summed E-state index contributed by atoms with van der Waals surface area (Å²) in [4.78, 5) is 61.9. The summed E-state index contributed by atoms with van der Waals surface area (Å²) >= 11 is 0. The minimum Gasteiger partial charge on any atom is -0.462 e. The molecule has 2 heterocycles. The number of nitrogen functional groups attached to an aromatic ring is 1. The first-order valence-electron chi connectivity index (χ1n) is 25.6. The van der Waals surface area contributed by atoms with Gasteiger partial charge in [0.1, 0.15) is 30.7 Å². The largest absolute Gasteiger partial charge is 0.481 e. The van der Waals surface area contributed by atoms with E-state index in [9.17, 15) is 48.6 Å². The number of aliphatic hydroxyl groups excluding tert-OH is 3. The smallest absolute Gasteiger partial charge is 0.462 e. The van der Waals surface area contributed by atoms with Gasteiger partial charge in [0, 0.05) is 19.0 Å². The first-order chi connectivity index (χ1) is 33.9. The Morgan fingerprint density at radius 2 is 1.32 bits per heavy atom. The van der Waals surface area contributed by atoms with E-state index < -0.39 is 89.8 Å². The average molecular weight is 1050 g/mol. The summed E-state index contributed by atoms with van der Waals surface area (Å²) in [6.07, 6.45) is 29.7. The number of anilines is 1. The van der Waals surface area contributed by atoms with Crippen LogP contribution >= 0.6 is 15.6 Å². The number of phosphoric acid groups is 2. The zero-order valence-electron chi connectivity index (χ0n) is 42.3. The molecule has 2 rings (SSSR count). The fourth-order valence-corrected chi connectivity index (χ4v) is 9.50. The van der Waals surface area contributed by atoms with Crippen LogP contribution in [0.5, 0.6) is 0 Å². The van der Waals surface area contributed by atoms with E-state index in [-0.39, 0.29) is 18.7 Å². The summed E-state index contributed by atoms with van der Waals surface area (Å²) in [5, 5.41) is 30.8. The van der Waals surface area contributed by atoms with E-state index in [1.165, 1.54) is 57.4 Å². The second-order valence-corrected chi connectivity index (χ2v) is 21.4. The number of nitrogens with two attached hydrogens (primary N) is 1. The topological polar surface area (TPSA) is 286 Å². The molecule has 8 atom stereocenters. The number of hydrogen-bond acceptors (Lipinski definition) is 16. The number of carbonyl (C=O) groups excluding carboxylic acids is 2. The number of allylic oxidation sites excluding steroid dienone is 7. The number of rotatable bonds is 41. The normalized spacial score (nSPS) is 20.1. The Bertz CT molecular complexity index is 1910. The monoisotopic (exact) mass is 1050 g/mol. The number of phosphoric ester groups is 2. The van der Waals surface area contributed by atoms with Gasteiger partial charge in [-0.25, -0.2) is 13.9 Å². The Labute approximate surface area is 421 Å². The Morgan fingerprint density at radius 1 is 0.761 bits per heavy atom. The standard InChI is InChI=1S/C50H85N3O16P2/c1-4-5-31-41(54)32-27-23-19-15-11-7-9-13-17-21-25-29-34-46(56)67-42(37-64-45(55)33-28-24-20-16-12-8-6-10-14-18-22-26-30-40(2)3)38-65-70(60,61)69-71(62,63)66-39-43-47(57)48(58)49(68-43)53-36-35-44(51)52-50(53)59/h7,9,15,17,19,21,27,32,35-36,40-43,47-49,54,57-58H,4-6,8,10-14,16,18,20,22-26,28-31,33-34,37-39H2,1-3H3,(H,60,61)(H,62,63)(H2,51,52,59)/b9-7-,19-15-,21-17-,32-27-/t41-,42-,43-,47-,48-,49-/m1/s1. The van der Waals surface area contributed by atoms with E-state index in [1.807, 2.05) is 42.5 Å². The highest BCUT2D eigenvalue weighted by Crippen LogP contribution is 2.60. The van der Waals surface area contributed by atoms with Gasteiger partial charge in [-0.2, -0.15) is 9.29 Å². The van der Waals surface area contributed by atoms with Crippen molar-refractivity contribution in [3.63, 3.8) is 0 Å². The fourth-order valence-electron chi connectivity index (χ4n) is 7.39. The highest BCUT2D eigenvalue weighted by molar-refractivity contribution is 7.61. The molecule has 71 heavy (non-hydrogen) atoms. The highest BCUT2D eigenvalue weighted by Gasteiger charge is 2.46. The maximum Gasteiger partial charge on any atom is 0.481 e. The number of carbonyl (C=O) groups is 2. The Morgan fingerprint density at radius 3 is 1.93 bits per heavy atom. The molecular weight excluding hydrogens is 961 g/mol. The predicted molar refractivity (Wildman–Crippen MR) is 272 cm³/mol. The van der Waals surface area contributed by atoms with Crippen molar-refractivity contribution in [2.24, 2.45) is 5.92 Å². The van der Waals surface area contributed by atoms with Crippen molar-refractivity contribution in [2.75, 3.05) is 25.6 Å². The van der Waals surface area contributed by atoms with E-state index >= 15 is 0 Å². The lowest BCUT2D eigenvalue weighted by Gasteiger charge is -2.21. The van der Waals surface area contributed by atoms with Crippen LogP contribution in [-0.4, -0.2) is 96.9 Å². The highest BCUT2D eigenvalue weighted by atomic mass is 31.3. The number of ether oxygens (including phenoxy) is 3. The van der Waals surface area contributed by atoms with E-state index in [1.54, 1.807) is 0 Å². The van der Waals surface area contributed by atoms with Crippen LogP contribution in [0.25, 0.3) is 0 Å². The Balaban J connectivity index is 1.83. The predicted octanol–water partition coefficient (Wildman–Crippen LogP) is 9.38. The molecule has 21 heteroatoms. The number of unbranched alkanes of at least 4 members (excludes halogenated alkanes) is 13. The average Bonchev–Trinajstić information content (AvgIpc) is 3.59. The van der Waals surface area contributed by atoms with Crippen LogP contribution < -0.4 is 11.4 Å². The molecule has 0 bridgehead atoms. The minimum atomic E-state index is -5.44.